The monoisotopic (exact) mass is 486 g/mol. The summed E-state index contributed by atoms with van der Waals surface area (Å²) >= 11 is 7.60. The Morgan fingerprint density at radius 1 is 1.16 bits per heavy atom. The summed E-state index contributed by atoms with van der Waals surface area (Å²) in [5, 5.41) is 3.52. The van der Waals surface area contributed by atoms with Crippen molar-refractivity contribution in [1.82, 2.24) is 14.5 Å². The minimum atomic E-state index is -5.53. The van der Waals surface area contributed by atoms with Gasteiger partial charge in [0.25, 0.3) is 0 Å². The van der Waals surface area contributed by atoms with Gasteiger partial charge in [0.1, 0.15) is 10.7 Å². The number of rotatable bonds is 4. The fourth-order valence-corrected chi connectivity index (χ4v) is 4.74. The number of fused-ring (bicyclic) bond motifs is 1. The van der Waals surface area contributed by atoms with Crippen molar-refractivity contribution in [2.45, 2.75) is 12.4 Å². The molecule has 1 N–H and O–H groups in total. The van der Waals surface area contributed by atoms with Gasteiger partial charge >= 0.3 is 15.5 Å². The molecule has 0 spiro atoms. The second-order valence-corrected chi connectivity index (χ2v) is 9.66. The highest BCUT2D eigenvalue weighted by atomic mass is 35.5. The molecule has 3 heterocycles. The van der Waals surface area contributed by atoms with Crippen molar-refractivity contribution in [3.8, 4) is 21.8 Å². The average molecular weight is 487 g/mol. The molecule has 0 aliphatic rings. The number of alkyl halides is 3. The van der Waals surface area contributed by atoms with Gasteiger partial charge in [-0.15, -0.1) is 11.3 Å². The first-order valence-corrected chi connectivity index (χ1v) is 11.5. The van der Waals surface area contributed by atoms with E-state index in [-0.39, 0.29) is 10.7 Å². The van der Waals surface area contributed by atoms with Gasteiger partial charge in [-0.25, -0.2) is 9.97 Å². The molecule has 4 rings (SSSR count). The topological polar surface area (TPSA) is 76.9 Å². The highest BCUT2D eigenvalue weighted by molar-refractivity contribution is 7.93. The Labute approximate surface area is 184 Å². The lowest BCUT2D eigenvalue weighted by Gasteiger charge is -2.11. The molecule has 162 valence electrons. The second kappa shape index (κ2) is 7.50. The predicted octanol–water partition coefficient (Wildman–Crippen LogP) is 5.59. The predicted molar refractivity (Wildman–Crippen MR) is 116 cm³/mol. The number of pyridine rings is 1. The molecule has 0 amide bonds. The lowest BCUT2D eigenvalue weighted by molar-refractivity contribution is -0.0429. The number of nitrogens with one attached hydrogen (secondary N) is 1. The molecule has 12 heteroatoms. The van der Waals surface area contributed by atoms with E-state index >= 15 is 0 Å². The van der Waals surface area contributed by atoms with E-state index in [9.17, 15) is 21.6 Å². The van der Waals surface area contributed by atoms with Crippen LogP contribution in [-0.4, -0.2) is 28.5 Å². The van der Waals surface area contributed by atoms with Crippen LogP contribution in [0.25, 0.3) is 32.9 Å². The van der Waals surface area contributed by atoms with Crippen LogP contribution in [0, 0.1) is 6.92 Å². The minimum absolute atomic E-state index is 0.0645. The zero-order valence-electron chi connectivity index (χ0n) is 16.0. The quantitative estimate of drug-likeness (QED) is 0.408. The van der Waals surface area contributed by atoms with Gasteiger partial charge in [-0.1, -0.05) is 11.6 Å². The Morgan fingerprint density at radius 2 is 1.90 bits per heavy atom. The first-order valence-electron chi connectivity index (χ1n) is 8.74. The number of hydrogen-bond acceptors (Lipinski definition) is 5. The smallest absolute Gasteiger partial charge is 0.333 e. The Bertz CT molecular complexity index is 1410. The summed E-state index contributed by atoms with van der Waals surface area (Å²) in [6.07, 6.45) is 1.70. The largest absolute Gasteiger partial charge is 0.516 e. The van der Waals surface area contributed by atoms with Gasteiger partial charge in [-0.05, 0) is 37.3 Å². The van der Waals surface area contributed by atoms with Crippen LogP contribution in [0.2, 0.25) is 5.02 Å². The van der Waals surface area contributed by atoms with E-state index in [4.69, 9.17) is 11.6 Å². The third-order valence-corrected chi connectivity index (χ3v) is 7.01. The van der Waals surface area contributed by atoms with Crippen molar-refractivity contribution >= 4 is 49.7 Å². The summed E-state index contributed by atoms with van der Waals surface area (Å²) in [7, 11) is -3.60. The first-order chi connectivity index (χ1) is 14.5. The molecule has 0 atom stereocenters. The second-order valence-electron chi connectivity index (χ2n) is 6.72. The molecular formula is C19H14ClF3N4O2S2. The van der Waals surface area contributed by atoms with Crippen LogP contribution in [0.5, 0.6) is 0 Å². The average Bonchev–Trinajstić information content (AvgIpc) is 3.26. The van der Waals surface area contributed by atoms with E-state index in [1.165, 1.54) is 28.2 Å². The number of aromatic nitrogens is 3. The number of sulfonamides is 1. The maximum absolute atomic E-state index is 12.6. The molecule has 0 unspecified atom stereocenters. The van der Waals surface area contributed by atoms with Crippen LogP contribution < -0.4 is 4.72 Å². The van der Waals surface area contributed by atoms with E-state index in [1.54, 1.807) is 11.6 Å². The Balaban J connectivity index is 1.68. The number of aryl methyl sites for hydroxylation is 2. The molecule has 0 saturated carbocycles. The molecule has 3 aromatic heterocycles. The summed E-state index contributed by atoms with van der Waals surface area (Å²) < 4.78 is 63.7. The lowest BCUT2D eigenvalue weighted by atomic mass is 10.1. The summed E-state index contributed by atoms with van der Waals surface area (Å²) in [5.41, 5.74) is -1.96. The van der Waals surface area contributed by atoms with Crippen LogP contribution in [-0.2, 0) is 17.1 Å². The third kappa shape index (κ3) is 3.88. The molecule has 0 bridgehead atoms. The molecule has 0 fully saturated rings. The molecule has 4 aromatic rings. The number of anilines is 1. The summed E-state index contributed by atoms with van der Waals surface area (Å²) in [6.45, 7) is 1.98. The van der Waals surface area contributed by atoms with E-state index in [1.807, 2.05) is 30.7 Å². The molecule has 1 aromatic carbocycles. The molecular weight excluding hydrogens is 473 g/mol. The van der Waals surface area contributed by atoms with Crippen molar-refractivity contribution in [2.75, 3.05) is 4.72 Å². The summed E-state index contributed by atoms with van der Waals surface area (Å²) in [4.78, 5) is 9.03. The number of benzene rings is 1. The standard InChI is InChI=1S/C19H14ClF3N4O2S2/c1-10-7-14-12(5-6-24-17(14)27(10)2)18-25-16(9-30-18)13-4-3-11(8-15(13)20)26-31(28,29)19(21,22)23/h3-9,26H,1-2H3. The van der Waals surface area contributed by atoms with Crippen molar-refractivity contribution in [3.63, 3.8) is 0 Å². The molecule has 31 heavy (non-hydrogen) atoms. The van der Waals surface area contributed by atoms with Crippen LogP contribution in [0.15, 0.2) is 41.9 Å². The fourth-order valence-electron chi connectivity index (χ4n) is 3.05. The molecule has 0 aliphatic carbocycles. The van der Waals surface area contributed by atoms with Gasteiger partial charge in [0.2, 0.25) is 0 Å². The maximum atomic E-state index is 12.6. The van der Waals surface area contributed by atoms with E-state index in [0.717, 1.165) is 33.4 Å². The van der Waals surface area contributed by atoms with Gasteiger partial charge in [0.05, 0.1) is 16.4 Å². The van der Waals surface area contributed by atoms with Crippen molar-refractivity contribution in [1.29, 1.82) is 0 Å². The fraction of sp³-hybridized carbons (Fsp3) is 0.158. The van der Waals surface area contributed by atoms with E-state index < -0.39 is 15.5 Å². The Morgan fingerprint density at radius 3 is 2.58 bits per heavy atom. The van der Waals surface area contributed by atoms with Crippen LogP contribution >= 0.6 is 22.9 Å². The van der Waals surface area contributed by atoms with Gasteiger partial charge in [0.15, 0.2) is 0 Å². The van der Waals surface area contributed by atoms with Crippen LogP contribution in [0.1, 0.15) is 5.69 Å². The number of nitrogens with zero attached hydrogens (tertiary/aromatic N) is 3. The Hall–Kier alpha value is -2.63. The maximum Gasteiger partial charge on any atom is 0.516 e. The Kier molecular flexibility index (Phi) is 5.23. The summed E-state index contributed by atoms with van der Waals surface area (Å²) in [6, 6.07) is 7.62. The normalized spacial score (nSPS) is 12.5. The number of halogens is 4. The van der Waals surface area contributed by atoms with Gasteiger partial charge in [-0.2, -0.15) is 21.6 Å². The minimum Gasteiger partial charge on any atom is -0.333 e. The van der Waals surface area contributed by atoms with E-state index in [2.05, 4.69) is 9.97 Å². The number of hydrogen-bond donors (Lipinski definition) is 1. The van der Waals surface area contributed by atoms with E-state index in [0.29, 0.717) is 11.3 Å². The zero-order valence-corrected chi connectivity index (χ0v) is 18.4. The highest BCUT2D eigenvalue weighted by Crippen LogP contribution is 2.37. The SMILES string of the molecule is Cc1cc2c(-c3nc(-c4ccc(NS(=O)(=O)C(F)(F)F)cc4Cl)cs3)ccnc2n1C. The van der Waals surface area contributed by atoms with Crippen molar-refractivity contribution in [2.24, 2.45) is 7.05 Å². The summed E-state index contributed by atoms with van der Waals surface area (Å²) in [5.74, 6) is 0. The van der Waals surface area contributed by atoms with Crippen molar-refractivity contribution in [3.05, 3.63) is 52.6 Å². The number of thiazole rings is 1. The molecule has 0 aliphatic heterocycles. The van der Waals surface area contributed by atoms with Gasteiger partial charge in [0, 0.05) is 40.8 Å². The highest BCUT2D eigenvalue weighted by Gasteiger charge is 2.46. The van der Waals surface area contributed by atoms with Crippen molar-refractivity contribution < 1.29 is 21.6 Å². The molecule has 6 nitrogen and oxygen atoms in total. The lowest BCUT2D eigenvalue weighted by Crippen LogP contribution is -2.29. The van der Waals surface area contributed by atoms with Crippen LogP contribution in [0.3, 0.4) is 0 Å². The third-order valence-electron chi connectivity index (χ3n) is 4.71. The van der Waals surface area contributed by atoms with Crippen LogP contribution in [0.4, 0.5) is 18.9 Å². The molecule has 0 radical (unpaired) electrons. The zero-order chi connectivity index (χ0) is 22.6. The van der Waals surface area contributed by atoms with Gasteiger partial charge in [-0.3, -0.25) is 4.72 Å². The first kappa shape index (κ1) is 21.6. The van der Waals surface area contributed by atoms with Gasteiger partial charge < -0.3 is 4.57 Å². The molecule has 0 saturated heterocycles.